The number of rotatable bonds is 1. The minimum atomic E-state index is -0.485. The highest BCUT2D eigenvalue weighted by molar-refractivity contribution is 9.10. The van der Waals surface area contributed by atoms with Crippen molar-refractivity contribution >= 4 is 28.6 Å². The summed E-state index contributed by atoms with van der Waals surface area (Å²) in [5, 5.41) is 21.7. The van der Waals surface area contributed by atoms with Gasteiger partial charge in [-0.05, 0) is 17.7 Å². The first-order valence-corrected chi connectivity index (χ1v) is 6.58. The molecule has 3 N–H and O–H groups in total. The monoisotopic (exact) mass is 332 g/mol. The van der Waals surface area contributed by atoms with Crippen molar-refractivity contribution in [1.82, 2.24) is 5.32 Å². The molecule has 1 aliphatic rings. The molecular weight excluding hydrogens is 324 g/mol. The van der Waals surface area contributed by atoms with Gasteiger partial charge in [-0.3, -0.25) is 0 Å². The van der Waals surface area contributed by atoms with E-state index in [1.165, 1.54) is 0 Å². The highest BCUT2D eigenvalue weighted by Gasteiger charge is 2.30. The second-order valence-corrected chi connectivity index (χ2v) is 5.29. The van der Waals surface area contributed by atoms with Crippen LogP contribution in [0.15, 0.2) is 50.7 Å². The van der Waals surface area contributed by atoms with Gasteiger partial charge in [0.25, 0.3) is 0 Å². The van der Waals surface area contributed by atoms with Crippen LogP contribution in [0.5, 0.6) is 0 Å². The Bertz CT molecular complexity index is 643. The van der Waals surface area contributed by atoms with Crippen LogP contribution in [-0.4, -0.2) is 0 Å². The molecular formula is C13H9BrN4S. The molecule has 6 heteroatoms. The van der Waals surface area contributed by atoms with Crippen LogP contribution in [0.25, 0.3) is 0 Å². The van der Waals surface area contributed by atoms with E-state index in [1.54, 1.807) is 0 Å². The van der Waals surface area contributed by atoms with Crippen LogP contribution in [0, 0.1) is 22.7 Å². The molecule has 0 aliphatic carbocycles. The normalized spacial score (nSPS) is 18.6. The van der Waals surface area contributed by atoms with Gasteiger partial charge in [0.05, 0.1) is 34.2 Å². The fraction of sp³-hybridized carbons (Fsp3) is 0.0769. The fourth-order valence-electron chi connectivity index (χ4n) is 1.96. The van der Waals surface area contributed by atoms with Crippen LogP contribution < -0.4 is 11.1 Å². The Hall–Kier alpha value is -1.89. The molecule has 19 heavy (non-hydrogen) atoms. The van der Waals surface area contributed by atoms with Gasteiger partial charge in [0.2, 0.25) is 0 Å². The SMILES string of the molecule is N#CC1=C(N)NC(S)=C(C#N)C1c1cccc(Br)c1. The quantitative estimate of drug-likeness (QED) is 0.689. The average Bonchev–Trinajstić information content (AvgIpc) is 2.38. The van der Waals surface area contributed by atoms with Gasteiger partial charge in [-0.15, -0.1) is 12.6 Å². The highest BCUT2D eigenvalue weighted by atomic mass is 79.9. The molecule has 2 rings (SSSR count). The summed E-state index contributed by atoms with van der Waals surface area (Å²) in [6.45, 7) is 0. The van der Waals surface area contributed by atoms with Gasteiger partial charge in [-0.1, -0.05) is 28.1 Å². The third kappa shape index (κ3) is 2.46. The Morgan fingerprint density at radius 1 is 1.26 bits per heavy atom. The Morgan fingerprint density at radius 3 is 2.53 bits per heavy atom. The van der Waals surface area contributed by atoms with E-state index >= 15 is 0 Å². The number of benzene rings is 1. The van der Waals surface area contributed by atoms with Gasteiger partial charge in [0.15, 0.2) is 0 Å². The van der Waals surface area contributed by atoms with Crippen LogP contribution in [0.1, 0.15) is 11.5 Å². The average molecular weight is 333 g/mol. The Labute approximate surface area is 124 Å². The molecule has 0 fully saturated rings. The van der Waals surface area contributed by atoms with Gasteiger partial charge in [-0.25, -0.2) is 0 Å². The molecule has 1 aromatic carbocycles. The standard InChI is InChI=1S/C13H9BrN4S/c14-8-3-1-2-7(4-8)11-9(5-15)12(17)18-13(19)10(11)6-16/h1-4,11,18-19H,17H2. The number of nitrogens with two attached hydrogens (primary N) is 1. The molecule has 4 nitrogen and oxygen atoms in total. The smallest absolute Gasteiger partial charge is 0.116 e. The number of thiol groups is 1. The van der Waals surface area contributed by atoms with Gasteiger partial charge in [0, 0.05) is 4.47 Å². The second kappa shape index (κ2) is 5.40. The van der Waals surface area contributed by atoms with Crippen molar-refractivity contribution in [2.24, 2.45) is 5.73 Å². The lowest BCUT2D eigenvalue weighted by molar-refractivity contribution is 0.841. The van der Waals surface area contributed by atoms with Crippen LogP contribution in [0.4, 0.5) is 0 Å². The summed E-state index contributed by atoms with van der Waals surface area (Å²) in [5.74, 6) is -0.252. The minimum Gasteiger partial charge on any atom is -0.384 e. The van der Waals surface area contributed by atoms with E-state index in [0.717, 1.165) is 10.0 Å². The maximum absolute atomic E-state index is 9.28. The number of hydrogen-bond acceptors (Lipinski definition) is 5. The summed E-state index contributed by atoms with van der Waals surface area (Å²) in [7, 11) is 0. The molecule has 1 aromatic rings. The molecule has 1 unspecified atom stereocenters. The second-order valence-electron chi connectivity index (χ2n) is 3.93. The van der Waals surface area contributed by atoms with E-state index in [1.807, 2.05) is 24.3 Å². The Kier molecular flexibility index (Phi) is 3.84. The van der Waals surface area contributed by atoms with Crippen molar-refractivity contribution in [3.63, 3.8) is 0 Å². The number of halogens is 1. The largest absolute Gasteiger partial charge is 0.384 e. The van der Waals surface area contributed by atoms with Crippen molar-refractivity contribution in [2.45, 2.75) is 5.92 Å². The van der Waals surface area contributed by atoms with Gasteiger partial charge in [-0.2, -0.15) is 10.5 Å². The Morgan fingerprint density at radius 2 is 1.95 bits per heavy atom. The van der Waals surface area contributed by atoms with Crippen molar-refractivity contribution < 1.29 is 0 Å². The van der Waals surface area contributed by atoms with E-state index < -0.39 is 5.92 Å². The van der Waals surface area contributed by atoms with Crippen molar-refractivity contribution in [3.05, 3.63) is 56.3 Å². The number of nitrogens with zero attached hydrogens (tertiary/aromatic N) is 2. The molecule has 1 atom stereocenters. The number of nitriles is 2. The molecule has 1 aliphatic heterocycles. The van der Waals surface area contributed by atoms with E-state index in [2.05, 4.69) is 46.0 Å². The maximum Gasteiger partial charge on any atom is 0.116 e. The zero-order valence-electron chi connectivity index (χ0n) is 9.68. The minimum absolute atomic E-state index is 0.233. The van der Waals surface area contributed by atoms with Gasteiger partial charge in [0.1, 0.15) is 5.82 Å². The van der Waals surface area contributed by atoms with Crippen molar-refractivity contribution in [1.29, 1.82) is 10.5 Å². The lowest BCUT2D eigenvalue weighted by Crippen LogP contribution is -2.28. The van der Waals surface area contributed by atoms with E-state index in [4.69, 9.17) is 5.73 Å². The zero-order chi connectivity index (χ0) is 14.0. The fourth-order valence-corrected chi connectivity index (χ4v) is 2.68. The predicted octanol–water partition coefficient (Wildman–Crippen LogP) is 2.49. The first-order chi connectivity index (χ1) is 9.08. The molecule has 1 heterocycles. The number of hydrogen-bond donors (Lipinski definition) is 3. The number of nitrogens with one attached hydrogen (secondary N) is 1. The third-order valence-electron chi connectivity index (χ3n) is 2.80. The van der Waals surface area contributed by atoms with E-state index in [-0.39, 0.29) is 5.82 Å². The Balaban J connectivity index is 2.65. The van der Waals surface area contributed by atoms with Crippen LogP contribution in [0.3, 0.4) is 0 Å². The number of dihydropyridines is 1. The van der Waals surface area contributed by atoms with E-state index in [0.29, 0.717) is 16.2 Å². The highest BCUT2D eigenvalue weighted by Crippen LogP contribution is 2.37. The predicted molar refractivity (Wildman–Crippen MR) is 78.5 cm³/mol. The molecule has 0 amide bonds. The van der Waals surface area contributed by atoms with Crippen LogP contribution in [-0.2, 0) is 0 Å². The summed E-state index contributed by atoms with van der Waals surface area (Å²) in [4.78, 5) is 0. The van der Waals surface area contributed by atoms with Gasteiger partial charge >= 0.3 is 0 Å². The summed E-state index contributed by atoms with van der Waals surface area (Å²) >= 11 is 7.60. The maximum atomic E-state index is 9.28. The van der Waals surface area contributed by atoms with Crippen molar-refractivity contribution in [2.75, 3.05) is 0 Å². The number of allylic oxidation sites excluding steroid dienone is 2. The van der Waals surface area contributed by atoms with E-state index in [9.17, 15) is 10.5 Å². The molecule has 0 bridgehead atoms. The molecule has 0 spiro atoms. The molecule has 0 saturated heterocycles. The lowest BCUT2D eigenvalue weighted by atomic mass is 9.84. The van der Waals surface area contributed by atoms with Gasteiger partial charge < -0.3 is 11.1 Å². The molecule has 94 valence electrons. The summed E-state index contributed by atoms with van der Waals surface area (Å²) in [6.07, 6.45) is 0. The third-order valence-corrected chi connectivity index (χ3v) is 3.64. The summed E-state index contributed by atoms with van der Waals surface area (Å²) in [6, 6.07) is 11.6. The first kappa shape index (κ1) is 13.5. The molecule has 0 aromatic heterocycles. The molecule has 0 saturated carbocycles. The molecule has 0 radical (unpaired) electrons. The van der Waals surface area contributed by atoms with Crippen LogP contribution >= 0.6 is 28.6 Å². The summed E-state index contributed by atoms with van der Waals surface area (Å²) < 4.78 is 0.873. The van der Waals surface area contributed by atoms with Crippen LogP contribution in [0.2, 0.25) is 0 Å². The summed E-state index contributed by atoms with van der Waals surface area (Å²) in [5.41, 5.74) is 7.33. The topological polar surface area (TPSA) is 85.6 Å². The van der Waals surface area contributed by atoms with Crippen molar-refractivity contribution in [3.8, 4) is 12.1 Å². The zero-order valence-corrected chi connectivity index (χ0v) is 12.2. The lowest BCUT2D eigenvalue weighted by Gasteiger charge is -2.25. The first-order valence-electron chi connectivity index (χ1n) is 5.34.